The average Bonchev–Trinajstić information content (AvgIpc) is 2.81. The molecule has 0 unspecified atom stereocenters. The zero-order chi connectivity index (χ0) is 23.5. The van der Waals surface area contributed by atoms with Crippen LogP contribution in [-0.4, -0.2) is 20.9 Å². The summed E-state index contributed by atoms with van der Waals surface area (Å²) in [4.78, 5) is 27.6. The highest BCUT2D eigenvalue weighted by molar-refractivity contribution is 6.00. The van der Waals surface area contributed by atoms with Crippen LogP contribution in [0.4, 0.5) is 22.7 Å². The van der Waals surface area contributed by atoms with Gasteiger partial charge < -0.3 is 10.1 Å². The Kier molecular flexibility index (Phi) is 7.85. The number of para-hydroxylation sites is 3. The SMILES string of the molecule is O=c1[nH]c([O-])ncc1[N+](=O)[O-].c1ccc(NC(Nc2ccccc2)=[NH+]c2ccccc2)cc1. The van der Waals surface area contributed by atoms with Crippen LogP contribution in [-0.2, 0) is 0 Å². The van der Waals surface area contributed by atoms with Gasteiger partial charge in [0.05, 0.1) is 28.0 Å². The van der Waals surface area contributed by atoms with Crippen LogP contribution in [0.25, 0.3) is 0 Å². The van der Waals surface area contributed by atoms with E-state index >= 15 is 0 Å². The van der Waals surface area contributed by atoms with Crippen molar-refractivity contribution >= 4 is 28.7 Å². The van der Waals surface area contributed by atoms with Crippen LogP contribution in [0.15, 0.2) is 102 Å². The number of nitrogens with one attached hydrogen (secondary N) is 4. The second-order valence-corrected chi connectivity index (χ2v) is 6.51. The van der Waals surface area contributed by atoms with Crippen molar-refractivity contribution in [1.82, 2.24) is 9.97 Å². The predicted molar refractivity (Wildman–Crippen MR) is 123 cm³/mol. The van der Waals surface area contributed by atoms with Gasteiger partial charge in [-0.05, 0) is 36.4 Å². The molecule has 1 heterocycles. The van der Waals surface area contributed by atoms with E-state index in [9.17, 15) is 20.0 Å². The third-order valence-corrected chi connectivity index (χ3v) is 4.08. The van der Waals surface area contributed by atoms with Crippen molar-refractivity contribution in [2.75, 3.05) is 10.6 Å². The van der Waals surface area contributed by atoms with Crippen molar-refractivity contribution in [2.24, 2.45) is 0 Å². The molecule has 4 rings (SSSR count). The minimum atomic E-state index is -1.03. The van der Waals surface area contributed by atoms with Gasteiger partial charge in [-0.15, -0.1) is 0 Å². The van der Waals surface area contributed by atoms with Crippen molar-refractivity contribution in [3.8, 4) is 6.01 Å². The van der Waals surface area contributed by atoms with Gasteiger partial charge in [0, 0.05) is 0 Å². The average molecular weight is 444 g/mol. The summed E-state index contributed by atoms with van der Waals surface area (Å²) < 4.78 is 0. The molecular formula is C23H20N6O4. The molecule has 166 valence electrons. The third-order valence-electron chi connectivity index (χ3n) is 4.08. The van der Waals surface area contributed by atoms with Crippen LogP contribution in [0.2, 0.25) is 0 Å². The largest absolute Gasteiger partial charge is 0.846 e. The molecule has 4 N–H and O–H groups in total. The first-order chi connectivity index (χ1) is 16.0. The van der Waals surface area contributed by atoms with Gasteiger partial charge >= 0.3 is 17.2 Å². The Labute approximate surface area is 188 Å². The Bertz CT molecular complexity index is 1220. The zero-order valence-electron chi connectivity index (χ0n) is 17.3. The fourth-order valence-corrected chi connectivity index (χ4v) is 2.59. The lowest BCUT2D eigenvalue weighted by Gasteiger charge is -2.06. The molecular weight excluding hydrogens is 424 g/mol. The topological polar surface area (TPSA) is 150 Å². The number of hydrogen-bond acceptors (Lipinski definition) is 5. The number of guanidine groups is 1. The molecule has 10 nitrogen and oxygen atoms in total. The number of hydrogen-bond donors (Lipinski definition) is 4. The van der Waals surface area contributed by atoms with Gasteiger partial charge in [0.15, 0.2) is 0 Å². The molecule has 0 saturated carbocycles. The van der Waals surface area contributed by atoms with Gasteiger partial charge in [-0.25, -0.2) is 20.6 Å². The molecule has 33 heavy (non-hydrogen) atoms. The summed E-state index contributed by atoms with van der Waals surface area (Å²) in [6, 6.07) is 29.3. The maximum Gasteiger partial charge on any atom is 0.358 e. The molecule has 3 aromatic carbocycles. The lowest BCUT2D eigenvalue weighted by molar-refractivity contribution is -0.387. The van der Waals surface area contributed by atoms with E-state index in [1.165, 1.54) is 0 Å². The van der Waals surface area contributed by atoms with Crippen molar-refractivity contribution in [3.05, 3.63) is 118 Å². The predicted octanol–water partition coefficient (Wildman–Crippen LogP) is 1.73. The molecule has 0 saturated heterocycles. The molecule has 0 fully saturated rings. The van der Waals surface area contributed by atoms with Gasteiger partial charge in [-0.2, -0.15) is 0 Å². The minimum Gasteiger partial charge on any atom is -0.846 e. The van der Waals surface area contributed by atoms with Gasteiger partial charge in [-0.1, -0.05) is 54.6 Å². The Morgan fingerprint density at radius 3 is 1.79 bits per heavy atom. The lowest BCUT2D eigenvalue weighted by Crippen LogP contribution is -2.70. The Morgan fingerprint density at radius 1 is 0.848 bits per heavy atom. The van der Waals surface area contributed by atoms with Crippen LogP contribution < -0.4 is 26.3 Å². The monoisotopic (exact) mass is 444 g/mol. The first-order valence-corrected chi connectivity index (χ1v) is 9.75. The van der Waals surface area contributed by atoms with E-state index < -0.39 is 22.2 Å². The van der Waals surface area contributed by atoms with E-state index in [1.54, 1.807) is 4.98 Å². The second kappa shape index (κ2) is 11.4. The summed E-state index contributed by atoms with van der Waals surface area (Å²) in [6.07, 6.45) is 0.626. The highest BCUT2D eigenvalue weighted by atomic mass is 16.6. The van der Waals surface area contributed by atoms with E-state index in [0.29, 0.717) is 6.20 Å². The number of benzene rings is 3. The summed E-state index contributed by atoms with van der Waals surface area (Å²) in [5.41, 5.74) is 1.29. The molecule has 0 amide bonds. The first kappa shape index (κ1) is 22.7. The summed E-state index contributed by atoms with van der Waals surface area (Å²) in [7, 11) is 0. The molecule has 1 aromatic heterocycles. The van der Waals surface area contributed by atoms with Crippen molar-refractivity contribution < 1.29 is 15.0 Å². The molecule has 0 aliphatic carbocycles. The number of aromatic nitrogens is 2. The lowest BCUT2D eigenvalue weighted by atomic mass is 10.3. The number of H-pyrrole nitrogens is 1. The highest BCUT2D eigenvalue weighted by Gasteiger charge is 2.10. The Balaban J connectivity index is 0.000000235. The summed E-state index contributed by atoms with van der Waals surface area (Å²) in [5.74, 6) is 0.809. The molecule has 10 heteroatoms. The second-order valence-electron chi connectivity index (χ2n) is 6.51. The fraction of sp³-hybridized carbons (Fsp3) is 0. The molecule has 0 aliphatic rings. The molecule has 0 aliphatic heterocycles. The van der Waals surface area contributed by atoms with Crippen LogP contribution in [0.3, 0.4) is 0 Å². The van der Waals surface area contributed by atoms with E-state index in [1.807, 2.05) is 91.0 Å². The highest BCUT2D eigenvalue weighted by Crippen LogP contribution is 2.08. The van der Waals surface area contributed by atoms with Gasteiger partial charge in [0.2, 0.25) is 0 Å². The summed E-state index contributed by atoms with van der Waals surface area (Å²) in [6.45, 7) is 0. The number of anilines is 2. The van der Waals surface area contributed by atoms with Gasteiger partial charge in [-0.3, -0.25) is 14.9 Å². The van der Waals surface area contributed by atoms with Gasteiger partial charge in [0.25, 0.3) is 0 Å². The van der Waals surface area contributed by atoms with Crippen LogP contribution in [0, 0.1) is 10.1 Å². The molecule has 0 spiro atoms. The minimum absolute atomic E-state index is 0.626. The van der Waals surface area contributed by atoms with Crippen molar-refractivity contribution in [1.29, 1.82) is 0 Å². The molecule has 0 bridgehead atoms. The normalized spacial score (nSPS) is 9.70. The van der Waals surface area contributed by atoms with Crippen LogP contribution in [0.1, 0.15) is 0 Å². The van der Waals surface area contributed by atoms with Crippen molar-refractivity contribution in [2.45, 2.75) is 0 Å². The number of rotatable bonds is 4. The van der Waals surface area contributed by atoms with Crippen molar-refractivity contribution in [3.63, 3.8) is 0 Å². The molecule has 0 atom stereocenters. The zero-order valence-corrected chi connectivity index (χ0v) is 17.3. The van der Waals surface area contributed by atoms with E-state index in [2.05, 4.69) is 20.6 Å². The number of nitro groups is 1. The Hall–Kier alpha value is -4.99. The summed E-state index contributed by atoms with van der Waals surface area (Å²) >= 11 is 0. The third kappa shape index (κ3) is 7.33. The fourth-order valence-electron chi connectivity index (χ4n) is 2.59. The standard InChI is InChI=1S/C19H17N3.C4H3N3O4/c1-4-10-16(11-5-1)20-19(21-17-12-6-2-7-13-17)22-18-14-8-3-9-15-18;8-3-2(7(10)11)1-5-4(9)6-3/h1-15H,(H2,20,21,22);1H,(H2,5,6,8,9). The van der Waals surface area contributed by atoms with E-state index in [-0.39, 0.29) is 0 Å². The number of nitrogens with zero attached hydrogens (tertiary/aromatic N) is 2. The van der Waals surface area contributed by atoms with Crippen LogP contribution in [0.5, 0.6) is 6.01 Å². The maximum absolute atomic E-state index is 10.5. The summed E-state index contributed by atoms with van der Waals surface area (Å²) in [5, 5.41) is 27.0. The van der Waals surface area contributed by atoms with Crippen LogP contribution >= 0.6 is 0 Å². The van der Waals surface area contributed by atoms with Gasteiger partial charge in [0.1, 0.15) is 6.20 Å². The number of aromatic amines is 1. The molecule has 0 radical (unpaired) electrons. The first-order valence-electron chi connectivity index (χ1n) is 9.75. The Morgan fingerprint density at radius 2 is 1.33 bits per heavy atom. The smallest absolute Gasteiger partial charge is 0.358 e. The van der Waals surface area contributed by atoms with E-state index in [4.69, 9.17) is 0 Å². The quantitative estimate of drug-likeness (QED) is 0.162. The maximum atomic E-state index is 10.5. The van der Waals surface area contributed by atoms with E-state index in [0.717, 1.165) is 23.0 Å². The molecule has 4 aromatic rings.